The summed E-state index contributed by atoms with van der Waals surface area (Å²) >= 11 is 13.0. The third-order valence-corrected chi connectivity index (χ3v) is 4.89. The van der Waals surface area contributed by atoms with Crippen molar-refractivity contribution in [1.82, 2.24) is 0 Å². The van der Waals surface area contributed by atoms with E-state index in [0.29, 0.717) is 10.4 Å². The van der Waals surface area contributed by atoms with Crippen LogP contribution in [0.25, 0.3) is 0 Å². The minimum absolute atomic E-state index is 0.706. The molecule has 4 heteroatoms. The summed E-state index contributed by atoms with van der Waals surface area (Å²) < 4.78 is 7.08. The van der Waals surface area contributed by atoms with E-state index < -0.39 is 0 Å². The maximum absolute atomic E-state index is 5.99. The maximum Gasteiger partial charge on any atom is 0.131 e. The van der Waals surface area contributed by atoms with Crippen LogP contribution in [0.15, 0.2) is 34.8 Å². The van der Waals surface area contributed by atoms with Gasteiger partial charge in [0.25, 0.3) is 0 Å². The molecular weight excluding hydrogens is 391 g/mol. The van der Waals surface area contributed by atoms with E-state index in [4.69, 9.17) is 16.3 Å². The number of hydrogen-bond acceptors (Lipinski definition) is 1. The third-order valence-electron chi connectivity index (χ3n) is 2.80. The zero-order valence-electron chi connectivity index (χ0n) is 10.6. The number of alkyl halides is 1. The molecule has 0 saturated heterocycles. The van der Waals surface area contributed by atoms with Crippen LogP contribution in [0.4, 0.5) is 0 Å². The molecule has 0 aliphatic carbocycles. The molecule has 0 aromatic heterocycles. The third kappa shape index (κ3) is 3.53. The van der Waals surface area contributed by atoms with E-state index in [9.17, 15) is 0 Å². The summed E-state index contributed by atoms with van der Waals surface area (Å²) in [4.78, 5) is 0. The monoisotopic (exact) mass is 402 g/mol. The number of rotatable bonds is 3. The van der Waals surface area contributed by atoms with Crippen molar-refractivity contribution in [2.75, 3.05) is 0 Å². The summed E-state index contributed by atoms with van der Waals surface area (Å²) in [7, 11) is 0. The van der Waals surface area contributed by atoms with E-state index in [-0.39, 0.29) is 0 Å². The highest BCUT2D eigenvalue weighted by Crippen LogP contribution is 2.32. The first-order valence-corrected chi connectivity index (χ1v) is 8.09. The Balaban J connectivity index is 2.36. The highest BCUT2D eigenvalue weighted by molar-refractivity contribution is 9.10. The summed E-state index contributed by atoms with van der Waals surface area (Å²) in [5, 5.41) is 1.42. The fourth-order valence-corrected chi connectivity index (χ4v) is 2.71. The summed E-state index contributed by atoms with van der Waals surface area (Å²) in [6, 6.07) is 9.67. The zero-order valence-corrected chi connectivity index (χ0v) is 14.6. The van der Waals surface area contributed by atoms with Gasteiger partial charge in [-0.25, -0.2) is 0 Å². The molecule has 1 nitrogen and oxygen atoms in total. The van der Waals surface area contributed by atoms with E-state index in [1.807, 2.05) is 30.3 Å². The lowest BCUT2D eigenvalue weighted by Crippen LogP contribution is -1.92. The van der Waals surface area contributed by atoms with Crippen LogP contribution in [0.1, 0.15) is 16.7 Å². The van der Waals surface area contributed by atoms with Crippen LogP contribution in [-0.2, 0) is 5.33 Å². The SMILES string of the molecule is Cc1cc(Oc2ccc(Cl)cc2CBr)cc(C)c1Br. The Morgan fingerprint density at radius 1 is 1.11 bits per heavy atom. The van der Waals surface area contributed by atoms with Crippen LogP contribution in [0, 0.1) is 13.8 Å². The van der Waals surface area contributed by atoms with E-state index in [1.165, 1.54) is 0 Å². The molecule has 0 fully saturated rings. The molecule has 2 aromatic rings. The fraction of sp³-hybridized carbons (Fsp3) is 0.200. The van der Waals surface area contributed by atoms with Gasteiger partial charge in [-0.1, -0.05) is 43.5 Å². The van der Waals surface area contributed by atoms with Gasteiger partial charge in [0.15, 0.2) is 0 Å². The maximum atomic E-state index is 5.99. The Labute approximate surface area is 135 Å². The van der Waals surface area contributed by atoms with Crippen molar-refractivity contribution in [2.45, 2.75) is 19.2 Å². The van der Waals surface area contributed by atoms with E-state index >= 15 is 0 Å². The number of halogens is 3. The largest absolute Gasteiger partial charge is 0.457 e. The number of benzene rings is 2. The molecule has 100 valence electrons. The molecule has 0 saturated carbocycles. The van der Waals surface area contributed by atoms with Gasteiger partial charge in [0.05, 0.1) is 0 Å². The van der Waals surface area contributed by atoms with Crippen LogP contribution < -0.4 is 4.74 Å². The summed E-state index contributed by atoms with van der Waals surface area (Å²) in [6.45, 7) is 4.11. The van der Waals surface area contributed by atoms with Gasteiger partial charge in [-0.15, -0.1) is 0 Å². The van der Waals surface area contributed by atoms with Gasteiger partial charge in [-0.2, -0.15) is 0 Å². The molecule has 0 aliphatic heterocycles. The Morgan fingerprint density at radius 3 is 2.32 bits per heavy atom. The van der Waals surface area contributed by atoms with Gasteiger partial charge >= 0.3 is 0 Å². The van der Waals surface area contributed by atoms with Crippen molar-refractivity contribution in [3.8, 4) is 11.5 Å². The summed E-state index contributed by atoms with van der Waals surface area (Å²) in [5.41, 5.74) is 3.35. The summed E-state index contributed by atoms with van der Waals surface area (Å²) in [6.07, 6.45) is 0. The molecular formula is C15H13Br2ClO. The molecule has 19 heavy (non-hydrogen) atoms. The molecule has 0 N–H and O–H groups in total. The van der Waals surface area contributed by atoms with Crippen LogP contribution in [0.2, 0.25) is 5.02 Å². The van der Waals surface area contributed by atoms with Crippen molar-refractivity contribution in [3.63, 3.8) is 0 Å². The predicted molar refractivity (Wildman–Crippen MR) is 87.8 cm³/mol. The second-order valence-corrected chi connectivity index (χ2v) is 6.15. The lowest BCUT2D eigenvalue weighted by atomic mass is 10.1. The van der Waals surface area contributed by atoms with Crippen molar-refractivity contribution in [2.24, 2.45) is 0 Å². The van der Waals surface area contributed by atoms with Crippen LogP contribution >= 0.6 is 43.5 Å². The second-order valence-electron chi connectivity index (χ2n) is 4.36. The van der Waals surface area contributed by atoms with Gasteiger partial charge in [0.2, 0.25) is 0 Å². The fourth-order valence-electron chi connectivity index (χ4n) is 1.84. The molecule has 0 unspecified atom stereocenters. The molecule has 2 rings (SSSR count). The van der Waals surface area contributed by atoms with E-state index in [2.05, 4.69) is 45.7 Å². The minimum Gasteiger partial charge on any atom is -0.457 e. The zero-order chi connectivity index (χ0) is 14.0. The molecule has 0 amide bonds. The topological polar surface area (TPSA) is 9.23 Å². The van der Waals surface area contributed by atoms with Crippen LogP contribution in [-0.4, -0.2) is 0 Å². The molecule has 0 heterocycles. The molecule has 0 radical (unpaired) electrons. The molecule has 0 atom stereocenters. The Hall–Kier alpha value is -0.510. The van der Waals surface area contributed by atoms with Gasteiger partial charge in [-0.05, 0) is 55.3 Å². The quantitative estimate of drug-likeness (QED) is 0.537. The van der Waals surface area contributed by atoms with Crippen molar-refractivity contribution in [1.29, 1.82) is 0 Å². The smallest absolute Gasteiger partial charge is 0.131 e. The number of aryl methyl sites for hydroxylation is 2. The van der Waals surface area contributed by atoms with Crippen molar-refractivity contribution < 1.29 is 4.74 Å². The van der Waals surface area contributed by atoms with Crippen LogP contribution in [0.3, 0.4) is 0 Å². The standard InChI is InChI=1S/C15H13Br2ClO/c1-9-5-13(6-10(2)15(9)17)19-14-4-3-12(18)7-11(14)8-16/h3-7H,8H2,1-2H3. The van der Waals surface area contributed by atoms with Gasteiger partial charge in [-0.3, -0.25) is 0 Å². The summed E-state index contributed by atoms with van der Waals surface area (Å²) in [5.74, 6) is 1.66. The highest BCUT2D eigenvalue weighted by atomic mass is 79.9. The van der Waals surface area contributed by atoms with E-state index in [0.717, 1.165) is 32.7 Å². The first kappa shape index (κ1) is 14.9. The number of hydrogen-bond donors (Lipinski definition) is 0. The molecule has 2 aromatic carbocycles. The predicted octanol–water partition coefficient (Wildman–Crippen LogP) is 6.41. The van der Waals surface area contributed by atoms with Crippen molar-refractivity contribution in [3.05, 3.63) is 56.5 Å². The average molecular weight is 405 g/mol. The Bertz CT molecular complexity index is 588. The lowest BCUT2D eigenvalue weighted by Gasteiger charge is -2.12. The molecule has 0 bridgehead atoms. The highest BCUT2D eigenvalue weighted by Gasteiger charge is 2.08. The first-order valence-electron chi connectivity index (χ1n) is 5.80. The van der Waals surface area contributed by atoms with Crippen molar-refractivity contribution >= 4 is 43.5 Å². The minimum atomic E-state index is 0.706. The molecule has 0 spiro atoms. The second kappa shape index (κ2) is 6.29. The number of ether oxygens (including phenoxy) is 1. The molecule has 0 aliphatic rings. The first-order chi connectivity index (χ1) is 9.01. The Kier molecular flexibility index (Phi) is 4.93. The van der Waals surface area contributed by atoms with Crippen LogP contribution in [0.5, 0.6) is 11.5 Å². The lowest BCUT2D eigenvalue weighted by molar-refractivity contribution is 0.477. The van der Waals surface area contributed by atoms with Gasteiger partial charge in [0, 0.05) is 20.4 Å². The average Bonchev–Trinajstić information content (AvgIpc) is 2.38. The Morgan fingerprint density at radius 2 is 1.74 bits per heavy atom. The van der Waals surface area contributed by atoms with E-state index in [1.54, 1.807) is 0 Å². The van der Waals surface area contributed by atoms with Gasteiger partial charge in [0.1, 0.15) is 11.5 Å². The van der Waals surface area contributed by atoms with Gasteiger partial charge < -0.3 is 4.74 Å². The normalized spacial score (nSPS) is 10.6.